The molecule has 4 heterocycles. The molecule has 0 radical (unpaired) electrons. The monoisotopic (exact) mass is 409 g/mol. The number of hydrogen-bond donors (Lipinski definition) is 0. The van der Waals surface area contributed by atoms with Gasteiger partial charge in [0, 0.05) is 31.4 Å². The number of rotatable bonds is 5. The van der Waals surface area contributed by atoms with Crippen LogP contribution in [0.3, 0.4) is 0 Å². The minimum absolute atomic E-state index is 0.381. The van der Waals surface area contributed by atoms with Gasteiger partial charge in [-0.3, -0.25) is 0 Å². The van der Waals surface area contributed by atoms with Crippen LogP contribution in [0, 0.1) is 5.82 Å². The minimum Gasteiger partial charge on any atom is -0.399 e. The van der Waals surface area contributed by atoms with Crippen molar-refractivity contribution < 1.29 is 13.7 Å². The summed E-state index contributed by atoms with van der Waals surface area (Å²) in [5, 5.41) is 3.92. The SMILES string of the molecule is CN(Cc1ccc(-n2cc(F)cn2)nc1)c1ccc(B2OC(C)(C)C(C)(C)O2)cn1. The third kappa shape index (κ3) is 3.95. The number of halogens is 1. The molecule has 156 valence electrons. The van der Waals surface area contributed by atoms with E-state index in [1.165, 1.54) is 10.9 Å². The second-order valence-electron chi connectivity index (χ2n) is 8.52. The molecule has 3 aromatic heterocycles. The van der Waals surface area contributed by atoms with Gasteiger partial charge in [0.25, 0.3) is 0 Å². The largest absolute Gasteiger partial charge is 0.496 e. The fraction of sp³-hybridized carbons (Fsp3) is 0.381. The molecule has 0 unspecified atom stereocenters. The lowest BCUT2D eigenvalue weighted by atomic mass is 9.80. The van der Waals surface area contributed by atoms with E-state index in [2.05, 4.69) is 15.1 Å². The van der Waals surface area contributed by atoms with Crippen LogP contribution in [-0.2, 0) is 15.9 Å². The first-order valence-electron chi connectivity index (χ1n) is 9.83. The number of hydrogen-bond acceptors (Lipinski definition) is 6. The van der Waals surface area contributed by atoms with Crippen molar-refractivity contribution in [1.82, 2.24) is 19.7 Å². The summed E-state index contributed by atoms with van der Waals surface area (Å²) >= 11 is 0. The molecule has 1 aliphatic rings. The van der Waals surface area contributed by atoms with Gasteiger partial charge in [-0.1, -0.05) is 12.1 Å². The van der Waals surface area contributed by atoms with Gasteiger partial charge in [0.1, 0.15) is 5.82 Å². The topological polar surface area (TPSA) is 65.3 Å². The maximum Gasteiger partial charge on any atom is 0.496 e. The molecule has 0 aliphatic carbocycles. The Morgan fingerprint density at radius 3 is 2.27 bits per heavy atom. The van der Waals surface area contributed by atoms with Gasteiger partial charge in [0.15, 0.2) is 11.6 Å². The van der Waals surface area contributed by atoms with E-state index in [-0.39, 0.29) is 11.2 Å². The van der Waals surface area contributed by atoms with Crippen LogP contribution in [0.4, 0.5) is 10.2 Å². The first kappa shape index (κ1) is 20.5. The Hall–Kier alpha value is -2.78. The summed E-state index contributed by atoms with van der Waals surface area (Å²) in [5.74, 6) is 0.999. The van der Waals surface area contributed by atoms with Crippen molar-refractivity contribution in [3.05, 3.63) is 60.4 Å². The molecule has 0 spiro atoms. The number of nitrogens with zero attached hydrogens (tertiary/aromatic N) is 5. The highest BCUT2D eigenvalue weighted by Gasteiger charge is 2.51. The Kier molecular flexibility index (Phi) is 5.11. The van der Waals surface area contributed by atoms with Crippen LogP contribution in [0.1, 0.15) is 33.3 Å². The lowest BCUT2D eigenvalue weighted by Gasteiger charge is -2.32. The predicted molar refractivity (Wildman–Crippen MR) is 113 cm³/mol. The molecular weight excluding hydrogens is 384 g/mol. The predicted octanol–water partition coefficient (Wildman–Crippen LogP) is 2.74. The molecule has 1 aliphatic heterocycles. The van der Waals surface area contributed by atoms with Crippen LogP contribution in [0.15, 0.2) is 49.1 Å². The van der Waals surface area contributed by atoms with Gasteiger partial charge in [-0.15, -0.1) is 0 Å². The average Bonchev–Trinajstić information content (AvgIpc) is 3.22. The van der Waals surface area contributed by atoms with E-state index in [4.69, 9.17) is 9.31 Å². The molecule has 1 fully saturated rings. The van der Waals surface area contributed by atoms with Crippen LogP contribution in [0.25, 0.3) is 5.82 Å². The van der Waals surface area contributed by atoms with Crippen molar-refractivity contribution >= 4 is 18.4 Å². The standard InChI is InChI=1S/C21H25BFN5O2/c1-20(2)21(3,4)30-22(29-20)16-7-9-18(25-11-16)27(5)13-15-6-8-19(24-10-15)28-14-17(23)12-26-28/h6-12,14H,13H2,1-5H3. The van der Waals surface area contributed by atoms with Gasteiger partial charge in [-0.25, -0.2) is 19.0 Å². The van der Waals surface area contributed by atoms with Crippen molar-refractivity contribution in [2.24, 2.45) is 0 Å². The number of aromatic nitrogens is 4. The smallest absolute Gasteiger partial charge is 0.399 e. The van der Waals surface area contributed by atoms with Crippen LogP contribution < -0.4 is 10.4 Å². The number of anilines is 1. The maximum absolute atomic E-state index is 13.1. The molecule has 0 atom stereocenters. The van der Waals surface area contributed by atoms with Crippen LogP contribution in [-0.4, -0.2) is 45.1 Å². The highest BCUT2D eigenvalue weighted by molar-refractivity contribution is 6.62. The van der Waals surface area contributed by atoms with E-state index in [0.29, 0.717) is 12.4 Å². The first-order valence-corrected chi connectivity index (χ1v) is 9.83. The highest BCUT2D eigenvalue weighted by atomic mass is 19.1. The lowest BCUT2D eigenvalue weighted by Crippen LogP contribution is -2.41. The normalized spacial score (nSPS) is 17.3. The maximum atomic E-state index is 13.1. The summed E-state index contributed by atoms with van der Waals surface area (Å²) in [5.41, 5.74) is 1.14. The molecule has 0 saturated carbocycles. The molecule has 30 heavy (non-hydrogen) atoms. The molecule has 0 aromatic carbocycles. The molecule has 4 rings (SSSR count). The summed E-state index contributed by atoms with van der Waals surface area (Å²) in [6, 6.07) is 7.69. The van der Waals surface area contributed by atoms with Gasteiger partial charge in [0.05, 0.1) is 23.6 Å². The highest BCUT2D eigenvalue weighted by Crippen LogP contribution is 2.36. The minimum atomic E-state index is -0.425. The third-order valence-corrected chi connectivity index (χ3v) is 5.70. The fourth-order valence-electron chi connectivity index (χ4n) is 3.17. The molecule has 3 aromatic rings. The number of pyridine rings is 2. The van der Waals surface area contributed by atoms with Gasteiger partial charge >= 0.3 is 7.12 Å². The molecule has 1 saturated heterocycles. The second kappa shape index (κ2) is 7.48. The zero-order valence-electron chi connectivity index (χ0n) is 17.8. The zero-order valence-corrected chi connectivity index (χ0v) is 17.8. The first-order chi connectivity index (χ1) is 14.1. The van der Waals surface area contributed by atoms with Crippen LogP contribution in [0.5, 0.6) is 0 Å². The quantitative estimate of drug-likeness (QED) is 0.604. The van der Waals surface area contributed by atoms with E-state index in [9.17, 15) is 4.39 Å². The molecule has 9 heteroatoms. The summed E-state index contributed by atoms with van der Waals surface area (Å²) in [6.07, 6.45) is 5.99. The molecule has 0 amide bonds. The van der Waals surface area contributed by atoms with E-state index >= 15 is 0 Å². The van der Waals surface area contributed by atoms with E-state index in [1.807, 2.05) is 63.9 Å². The van der Waals surface area contributed by atoms with E-state index in [0.717, 1.165) is 23.0 Å². The Morgan fingerprint density at radius 1 is 1.00 bits per heavy atom. The summed E-state index contributed by atoms with van der Waals surface area (Å²) in [4.78, 5) is 11.0. The van der Waals surface area contributed by atoms with E-state index < -0.39 is 12.9 Å². The van der Waals surface area contributed by atoms with Crippen molar-refractivity contribution in [1.29, 1.82) is 0 Å². The van der Waals surface area contributed by atoms with Gasteiger partial charge < -0.3 is 14.2 Å². The van der Waals surface area contributed by atoms with Gasteiger partial charge in [0.2, 0.25) is 0 Å². The van der Waals surface area contributed by atoms with Crippen molar-refractivity contribution in [2.75, 3.05) is 11.9 Å². The lowest BCUT2D eigenvalue weighted by molar-refractivity contribution is 0.00578. The molecule has 0 bridgehead atoms. The van der Waals surface area contributed by atoms with Crippen LogP contribution >= 0.6 is 0 Å². The van der Waals surface area contributed by atoms with Crippen molar-refractivity contribution in [3.63, 3.8) is 0 Å². The Morgan fingerprint density at radius 2 is 1.73 bits per heavy atom. The molecule has 0 N–H and O–H groups in total. The second-order valence-corrected chi connectivity index (χ2v) is 8.52. The molecular formula is C21H25BFN5O2. The van der Waals surface area contributed by atoms with Crippen LogP contribution in [0.2, 0.25) is 0 Å². The Labute approximate surface area is 176 Å². The fourth-order valence-corrected chi connectivity index (χ4v) is 3.17. The molecule has 7 nitrogen and oxygen atoms in total. The van der Waals surface area contributed by atoms with Crippen molar-refractivity contribution in [2.45, 2.75) is 45.4 Å². The Balaban J connectivity index is 1.41. The van der Waals surface area contributed by atoms with Crippen molar-refractivity contribution in [3.8, 4) is 5.82 Å². The summed E-state index contributed by atoms with van der Waals surface area (Å²) in [7, 11) is 1.54. The average molecular weight is 409 g/mol. The van der Waals surface area contributed by atoms with Gasteiger partial charge in [-0.2, -0.15) is 5.10 Å². The summed E-state index contributed by atoms with van der Waals surface area (Å²) < 4.78 is 26.7. The Bertz CT molecular complexity index is 1000. The third-order valence-electron chi connectivity index (χ3n) is 5.70. The van der Waals surface area contributed by atoms with Gasteiger partial charge in [-0.05, 0) is 45.4 Å². The van der Waals surface area contributed by atoms with E-state index in [1.54, 1.807) is 12.4 Å². The summed E-state index contributed by atoms with van der Waals surface area (Å²) in [6.45, 7) is 8.76. The zero-order chi connectivity index (χ0) is 21.5.